The van der Waals surface area contributed by atoms with Gasteiger partial charge in [-0.1, -0.05) is 11.8 Å². The van der Waals surface area contributed by atoms with Crippen LogP contribution in [0.4, 0.5) is 0 Å². The average molecular weight is 311 g/mol. The van der Waals surface area contributed by atoms with Crippen LogP contribution in [-0.2, 0) is 5.75 Å². The van der Waals surface area contributed by atoms with Gasteiger partial charge in [0.15, 0.2) is 0 Å². The van der Waals surface area contributed by atoms with Gasteiger partial charge in [0.1, 0.15) is 15.6 Å². The smallest absolute Gasteiger partial charge is 0.346 e. The largest absolute Gasteiger partial charge is 0.478 e. The SMILES string of the molecule is Cc1nc(CSc2nc(=O)[nH]c(C)c2C(=O)O)sc1C. The van der Waals surface area contributed by atoms with Gasteiger partial charge in [-0.2, -0.15) is 4.98 Å². The number of nitrogens with zero attached hydrogens (tertiary/aromatic N) is 2. The van der Waals surface area contributed by atoms with Crippen molar-refractivity contribution in [3.8, 4) is 0 Å². The predicted octanol–water partition coefficient (Wildman–Crippen LogP) is 2.14. The maximum Gasteiger partial charge on any atom is 0.346 e. The van der Waals surface area contributed by atoms with Gasteiger partial charge in [0.05, 0.1) is 11.4 Å². The van der Waals surface area contributed by atoms with E-state index >= 15 is 0 Å². The van der Waals surface area contributed by atoms with Gasteiger partial charge in [-0.15, -0.1) is 11.3 Å². The molecular weight excluding hydrogens is 298 g/mol. The van der Waals surface area contributed by atoms with E-state index in [1.165, 1.54) is 11.8 Å². The topological polar surface area (TPSA) is 95.9 Å². The Kier molecular flexibility index (Phi) is 4.24. The number of hydrogen-bond donors (Lipinski definition) is 2. The van der Waals surface area contributed by atoms with Gasteiger partial charge in [-0.25, -0.2) is 14.6 Å². The van der Waals surface area contributed by atoms with Gasteiger partial charge in [0.25, 0.3) is 0 Å². The van der Waals surface area contributed by atoms with E-state index in [2.05, 4.69) is 15.0 Å². The van der Waals surface area contributed by atoms with Crippen molar-refractivity contribution in [1.29, 1.82) is 0 Å². The fourth-order valence-corrected chi connectivity index (χ4v) is 3.65. The standard InChI is InChI=1S/C12H13N3O3S2/c1-5-7(3)20-8(13-5)4-19-10-9(11(16)17)6(2)14-12(18)15-10/h4H2,1-3H3,(H,16,17)(H,14,15,18). The van der Waals surface area contributed by atoms with Gasteiger partial charge in [0.2, 0.25) is 0 Å². The van der Waals surface area contributed by atoms with Gasteiger partial charge < -0.3 is 10.1 Å². The zero-order chi connectivity index (χ0) is 14.9. The fourth-order valence-electron chi connectivity index (χ4n) is 1.65. The van der Waals surface area contributed by atoms with Crippen LogP contribution in [0.2, 0.25) is 0 Å². The summed E-state index contributed by atoms with van der Waals surface area (Å²) >= 11 is 2.78. The summed E-state index contributed by atoms with van der Waals surface area (Å²) in [6.45, 7) is 5.46. The number of hydrogen-bond acceptors (Lipinski definition) is 6. The lowest BCUT2D eigenvalue weighted by molar-refractivity contribution is 0.0690. The molecule has 0 radical (unpaired) electrons. The van der Waals surface area contributed by atoms with Crippen LogP contribution in [0.3, 0.4) is 0 Å². The van der Waals surface area contributed by atoms with Crippen LogP contribution in [-0.4, -0.2) is 26.0 Å². The molecule has 0 atom stereocenters. The molecule has 2 N–H and O–H groups in total. The summed E-state index contributed by atoms with van der Waals surface area (Å²) < 4.78 is 0. The fraction of sp³-hybridized carbons (Fsp3) is 0.333. The molecular formula is C12H13N3O3S2. The molecule has 6 nitrogen and oxygen atoms in total. The second-order valence-corrected chi connectivity index (χ2v) is 6.44. The van der Waals surface area contributed by atoms with Crippen LogP contribution in [0.1, 0.15) is 31.6 Å². The number of aromatic amines is 1. The van der Waals surface area contributed by atoms with Crippen LogP contribution in [0.5, 0.6) is 0 Å². The molecule has 2 rings (SSSR count). The zero-order valence-corrected chi connectivity index (χ0v) is 12.8. The normalized spacial score (nSPS) is 10.8. The van der Waals surface area contributed by atoms with Crippen molar-refractivity contribution in [2.24, 2.45) is 0 Å². The Morgan fingerprint density at radius 1 is 1.35 bits per heavy atom. The molecule has 0 saturated carbocycles. The van der Waals surface area contributed by atoms with Gasteiger partial charge >= 0.3 is 11.7 Å². The van der Waals surface area contributed by atoms with E-state index in [0.29, 0.717) is 11.4 Å². The molecule has 0 saturated heterocycles. The summed E-state index contributed by atoms with van der Waals surface area (Å²) in [7, 11) is 0. The van der Waals surface area contributed by atoms with Crippen molar-refractivity contribution in [3.05, 3.63) is 37.3 Å². The molecule has 2 aromatic rings. The second-order valence-electron chi connectivity index (χ2n) is 4.19. The lowest BCUT2D eigenvalue weighted by Crippen LogP contribution is -2.18. The third-order valence-corrected chi connectivity index (χ3v) is 4.95. The van der Waals surface area contributed by atoms with Crippen molar-refractivity contribution in [1.82, 2.24) is 15.0 Å². The van der Waals surface area contributed by atoms with E-state index in [0.717, 1.165) is 15.6 Å². The molecule has 106 valence electrons. The molecule has 0 fully saturated rings. The molecule has 2 aromatic heterocycles. The molecule has 20 heavy (non-hydrogen) atoms. The van der Waals surface area contributed by atoms with Crippen molar-refractivity contribution in [2.75, 3.05) is 0 Å². The third-order valence-electron chi connectivity index (χ3n) is 2.71. The first-order chi connectivity index (χ1) is 9.38. The number of thiazole rings is 1. The quantitative estimate of drug-likeness (QED) is 0.663. The minimum absolute atomic E-state index is 0.0413. The van der Waals surface area contributed by atoms with Crippen molar-refractivity contribution in [2.45, 2.75) is 31.6 Å². The maximum absolute atomic E-state index is 11.4. The first kappa shape index (κ1) is 14.7. The zero-order valence-electron chi connectivity index (χ0n) is 11.2. The highest BCUT2D eigenvalue weighted by Crippen LogP contribution is 2.27. The van der Waals surface area contributed by atoms with Gasteiger partial charge in [-0.3, -0.25) is 0 Å². The van der Waals surface area contributed by atoms with Crippen molar-refractivity contribution in [3.63, 3.8) is 0 Å². The molecule has 0 bridgehead atoms. The lowest BCUT2D eigenvalue weighted by atomic mass is 10.2. The highest BCUT2D eigenvalue weighted by Gasteiger charge is 2.17. The average Bonchev–Trinajstić information content (AvgIpc) is 2.64. The summed E-state index contributed by atoms with van der Waals surface area (Å²) in [5, 5.41) is 10.3. The Morgan fingerprint density at radius 2 is 2.05 bits per heavy atom. The molecule has 0 aliphatic heterocycles. The highest BCUT2D eigenvalue weighted by atomic mass is 32.2. The summed E-state index contributed by atoms with van der Waals surface area (Å²) in [4.78, 5) is 34.3. The molecule has 0 aliphatic carbocycles. The first-order valence-electron chi connectivity index (χ1n) is 5.78. The molecule has 0 spiro atoms. The molecule has 0 amide bonds. The van der Waals surface area contributed by atoms with Crippen LogP contribution in [0.15, 0.2) is 9.82 Å². The lowest BCUT2D eigenvalue weighted by Gasteiger charge is -2.05. The molecule has 0 aromatic carbocycles. The van der Waals surface area contributed by atoms with Crippen LogP contribution < -0.4 is 5.69 Å². The number of aromatic carboxylic acids is 1. The summed E-state index contributed by atoms with van der Waals surface area (Å²) in [6, 6.07) is 0. The molecule has 0 aliphatic rings. The van der Waals surface area contributed by atoms with Crippen LogP contribution >= 0.6 is 23.1 Å². The maximum atomic E-state index is 11.4. The van der Waals surface area contributed by atoms with E-state index < -0.39 is 11.7 Å². The minimum Gasteiger partial charge on any atom is -0.478 e. The van der Waals surface area contributed by atoms with E-state index in [-0.39, 0.29) is 10.6 Å². The molecule has 0 unspecified atom stereocenters. The Balaban J connectivity index is 2.29. The summed E-state index contributed by atoms with van der Waals surface area (Å²) in [5.41, 5.74) is 0.784. The van der Waals surface area contributed by atoms with Crippen LogP contribution in [0.25, 0.3) is 0 Å². The van der Waals surface area contributed by atoms with Gasteiger partial charge in [0, 0.05) is 10.6 Å². The number of aryl methyl sites for hydroxylation is 3. The number of rotatable bonds is 4. The summed E-state index contributed by atoms with van der Waals surface area (Å²) in [5.74, 6) is -0.601. The Labute approximate surface area is 123 Å². The summed E-state index contributed by atoms with van der Waals surface area (Å²) in [6.07, 6.45) is 0. The number of H-pyrrole nitrogens is 1. The van der Waals surface area contributed by atoms with Crippen molar-refractivity contribution >= 4 is 29.1 Å². The van der Waals surface area contributed by atoms with Crippen LogP contribution in [0, 0.1) is 20.8 Å². The van der Waals surface area contributed by atoms with E-state index in [4.69, 9.17) is 0 Å². The number of carbonyl (C=O) groups is 1. The second kappa shape index (κ2) is 5.76. The predicted molar refractivity (Wildman–Crippen MR) is 77.7 cm³/mol. The monoisotopic (exact) mass is 311 g/mol. The number of carboxylic acid groups (broad SMARTS) is 1. The number of aromatic nitrogens is 3. The molecule has 8 heteroatoms. The van der Waals surface area contributed by atoms with E-state index in [1.807, 2.05) is 13.8 Å². The van der Waals surface area contributed by atoms with Crippen molar-refractivity contribution < 1.29 is 9.90 Å². The Morgan fingerprint density at radius 3 is 2.60 bits per heavy atom. The number of carboxylic acids is 1. The Hall–Kier alpha value is -1.67. The van der Waals surface area contributed by atoms with Gasteiger partial charge in [-0.05, 0) is 20.8 Å². The van der Waals surface area contributed by atoms with E-state index in [9.17, 15) is 14.7 Å². The Bertz CT molecular complexity index is 702. The highest BCUT2D eigenvalue weighted by molar-refractivity contribution is 7.98. The number of thioether (sulfide) groups is 1. The molecule has 2 heterocycles. The van der Waals surface area contributed by atoms with E-state index in [1.54, 1.807) is 18.3 Å². The first-order valence-corrected chi connectivity index (χ1v) is 7.58. The number of nitrogens with one attached hydrogen (secondary N) is 1. The third kappa shape index (κ3) is 3.07. The minimum atomic E-state index is -1.10.